The highest BCUT2D eigenvalue weighted by Crippen LogP contribution is 2.17. The number of carbonyl (C=O) groups is 1. The van der Waals surface area contributed by atoms with Crippen molar-refractivity contribution in [1.82, 2.24) is 0 Å². The summed E-state index contributed by atoms with van der Waals surface area (Å²) in [5.74, 6) is -0.268. The maximum absolute atomic E-state index is 12.1. The minimum atomic E-state index is -3.56. The van der Waals surface area contributed by atoms with Crippen LogP contribution in [0.2, 0.25) is 0 Å². The predicted octanol–water partition coefficient (Wildman–Crippen LogP) is 2.41. The Balaban J connectivity index is 2.14. The molecule has 0 heterocycles. The standard InChI is InChI=1S/C15H16N2O3S/c1-11(18)12-6-8-14(9-7-12)17-21(19,20)10-13-4-2-3-5-15(13)16/h2-9,17H,10,16H2,1H3. The van der Waals surface area contributed by atoms with Crippen molar-refractivity contribution in [2.24, 2.45) is 0 Å². The summed E-state index contributed by atoms with van der Waals surface area (Å²) in [7, 11) is -3.56. The first-order valence-electron chi connectivity index (χ1n) is 6.32. The minimum Gasteiger partial charge on any atom is -0.398 e. The van der Waals surface area contributed by atoms with Gasteiger partial charge in [0.1, 0.15) is 0 Å². The summed E-state index contributed by atoms with van der Waals surface area (Å²) in [6.45, 7) is 1.46. The number of carbonyl (C=O) groups excluding carboxylic acids is 1. The highest BCUT2D eigenvalue weighted by Gasteiger charge is 2.13. The lowest BCUT2D eigenvalue weighted by molar-refractivity contribution is 0.101. The van der Waals surface area contributed by atoms with Crippen LogP contribution in [-0.4, -0.2) is 14.2 Å². The third-order valence-corrected chi connectivity index (χ3v) is 4.20. The highest BCUT2D eigenvalue weighted by atomic mass is 32.2. The van der Waals surface area contributed by atoms with Crippen LogP contribution in [0.3, 0.4) is 0 Å². The Labute approximate surface area is 123 Å². The molecule has 3 N–H and O–H groups in total. The number of rotatable bonds is 5. The molecule has 0 saturated carbocycles. The summed E-state index contributed by atoms with van der Waals surface area (Å²) in [6.07, 6.45) is 0. The zero-order valence-corrected chi connectivity index (χ0v) is 12.4. The topological polar surface area (TPSA) is 89.3 Å². The molecule has 6 heteroatoms. The largest absolute Gasteiger partial charge is 0.398 e. The summed E-state index contributed by atoms with van der Waals surface area (Å²) in [5.41, 5.74) is 7.68. The summed E-state index contributed by atoms with van der Waals surface area (Å²) >= 11 is 0. The van der Waals surface area contributed by atoms with Crippen molar-refractivity contribution in [2.45, 2.75) is 12.7 Å². The molecule has 21 heavy (non-hydrogen) atoms. The second-order valence-electron chi connectivity index (χ2n) is 4.69. The van der Waals surface area contributed by atoms with Crippen LogP contribution in [0.25, 0.3) is 0 Å². The van der Waals surface area contributed by atoms with Crippen molar-refractivity contribution in [1.29, 1.82) is 0 Å². The van der Waals surface area contributed by atoms with Gasteiger partial charge in [0.2, 0.25) is 10.0 Å². The average Bonchev–Trinajstić information content (AvgIpc) is 2.41. The molecule has 2 aromatic carbocycles. The summed E-state index contributed by atoms with van der Waals surface area (Å²) < 4.78 is 26.7. The Hall–Kier alpha value is -2.34. The van der Waals surface area contributed by atoms with Gasteiger partial charge in [0, 0.05) is 16.9 Å². The van der Waals surface area contributed by atoms with E-state index in [4.69, 9.17) is 5.73 Å². The second kappa shape index (κ2) is 5.97. The van der Waals surface area contributed by atoms with E-state index >= 15 is 0 Å². The summed E-state index contributed by atoms with van der Waals surface area (Å²) in [5, 5.41) is 0. The maximum atomic E-state index is 12.1. The molecule has 0 aromatic heterocycles. The number of sulfonamides is 1. The van der Waals surface area contributed by atoms with Crippen molar-refractivity contribution in [3.8, 4) is 0 Å². The molecule has 0 amide bonds. The Morgan fingerprint density at radius 3 is 2.29 bits per heavy atom. The van der Waals surface area contributed by atoms with Gasteiger partial charge in [-0.3, -0.25) is 9.52 Å². The van der Waals surface area contributed by atoms with Crippen molar-refractivity contribution in [3.63, 3.8) is 0 Å². The SMILES string of the molecule is CC(=O)c1ccc(NS(=O)(=O)Cc2ccccc2N)cc1. The van der Waals surface area contributed by atoms with Crippen LogP contribution in [0.15, 0.2) is 48.5 Å². The van der Waals surface area contributed by atoms with Crippen molar-refractivity contribution in [3.05, 3.63) is 59.7 Å². The van der Waals surface area contributed by atoms with Gasteiger partial charge >= 0.3 is 0 Å². The fourth-order valence-electron chi connectivity index (χ4n) is 1.86. The molecule has 0 aliphatic carbocycles. The molecule has 5 nitrogen and oxygen atoms in total. The number of nitrogens with one attached hydrogen (secondary N) is 1. The zero-order valence-electron chi connectivity index (χ0n) is 11.5. The molecule has 0 saturated heterocycles. The Kier molecular flexibility index (Phi) is 4.28. The van der Waals surface area contributed by atoms with Gasteiger partial charge in [0.05, 0.1) is 5.75 Å². The van der Waals surface area contributed by atoms with Gasteiger partial charge in [-0.05, 0) is 42.8 Å². The van der Waals surface area contributed by atoms with Crippen molar-refractivity contribution < 1.29 is 13.2 Å². The third-order valence-electron chi connectivity index (χ3n) is 2.97. The summed E-state index contributed by atoms with van der Waals surface area (Å²) in [6, 6.07) is 13.1. The molecule has 0 fully saturated rings. The van der Waals surface area contributed by atoms with Gasteiger partial charge < -0.3 is 5.73 Å². The smallest absolute Gasteiger partial charge is 0.236 e. The predicted molar refractivity (Wildman–Crippen MR) is 83.5 cm³/mol. The van der Waals surface area contributed by atoms with Crippen LogP contribution >= 0.6 is 0 Å². The molecule has 2 aromatic rings. The molecule has 0 atom stereocenters. The van der Waals surface area contributed by atoms with Crippen LogP contribution in [0.4, 0.5) is 11.4 Å². The zero-order chi connectivity index (χ0) is 15.5. The van der Waals surface area contributed by atoms with Gasteiger partial charge in [0.25, 0.3) is 0 Å². The van der Waals surface area contributed by atoms with E-state index in [1.807, 2.05) is 0 Å². The lowest BCUT2D eigenvalue weighted by atomic mass is 10.1. The van der Waals surface area contributed by atoms with Crippen LogP contribution in [-0.2, 0) is 15.8 Å². The van der Waals surface area contributed by atoms with E-state index in [2.05, 4.69) is 4.72 Å². The van der Waals surface area contributed by atoms with Gasteiger partial charge in [-0.15, -0.1) is 0 Å². The van der Waals surface area contributed by atoms with Crippen LogP contribution < -0.4 is 10.5 Å². The van der Waals surface area contributed by atoms with Gasteiger partial charge in [-0.2, -0.15) is 0 Å². The molecular formula is C15H16N2O3S. The molecular weight excluding hydrogens is 288 g/mol. The van der Waals surface area contributed by atoms with E-state index in [0.717, 1.165) is 0 Å². The number of anilines is 2. The number of benzene rings is 2. The molecule has 0 aliphatic rings. The first-order chi connectivity index (χ1) is 9.87. The number of para-hydroxylation sites is 1. The lowest BCUT2D eigenvalue weighted by Crippen LogP contribution is -2.16. The van der Waals surface area contributed by atoms with E-state index in [1.54, 1.807) is 48.5 Å². The van der Waals surface area contributed by atoms with E-state index in [1.165, 1.54) is 6.92 Å². The molecule has 0 unspecified atom stereocenters. The number of hydrogen-bond donors (Lipinski definition) is 2. The molecule has 0 spiro atoms. The quantitative estimate of drug-likeness (QED) is 0.655. The molecule has 0 aliphatic heterocycles. The van der Waals surface area contributed by atoms with Crippen LogP contribution in [0.5, 0.6) is 0 Å². The maximum Gasteiger partial charge on any atom is 0.236 e. The normalized spacial score (nSPS) is 11.1. The van der Waals surface area contributed by atoms with Crippen molar-refractivity contribution in [2.75, 3.05) is 10.5 Å². The number of nitrogen functional groups attached to an aromatic ring is 1. The number of ketones is 1. The monoisotopic (exact) mass is 304 g/mol. The number of hydrogen-bond acceptors (Lipinski definition) is 4. The van der Waals surface area contributed by atoms with E-state index < -0.39 is 10.0 Å². The van der Waals surface area contributed by atoms with Gasteiger partial charge in [0.15, 0.2) is 5.78 Å². The van der Waals surface area contributed by atoms with Crippen LogP contribution in [0.1, 0.15) is 22.8 Å². The minimum absolute atomic E-state index is 0.0681. The average molecular weight is 304 g/mol. The molecule has 0 radical (unpaired) electrons. The third kappa shape index (κ3) is 4.06. The van der Waals surface area contributed by atoms with Gasteiger partial charge in [-0.25, -0.2) is 8.42 Å². The Morgan fingerprint density at radius 2 is 1.71 bits per heavy atom. The number of nitrogens with two attached hydrogens (primary N) is 1. The van der Waals surface area contributed by atoms with Gasteiger partial charge in [-0.1, -0.05) is 18.2 Å². The fraction of sp³-hybridized carbons (Fsp3) is 0.133. The van der Waals surface area contributed by atoms with E-state index in [9.17, 15) is 13.2 Å². The van der Waals surface area contributed by atoms with E-state index in [-0.39, 0.29) is 11.5 Å². The Morgan fingerprint density at radius 1 is 1.10 bits per heavy atom. The Bertz CT molecular complexity index is 753. The van der Waals surface area contributed by atoms with Crippen LogP contribution in [0, 0.1) is 0 Å². The van der Waals surface area contributed by atoms with E-state index in [0.29, 0.717) is 22.5 Å². The first kappa shape index (κ1) is 15.1. The molecule has 2 rings (SSSR count). The molecule has 110 valence electrons. The molecule has 0 bridgehead atoms. The van der Waals surface area contributed by atoms with Crippen molar-refractivity contribution >= 4 is 27.2 Å². The highest BCUT2D eigenvalue weighted by molar-refractivity contribution is 7.91. The number of Topliss-reactive ketones (excluding diaryl/α,β-unsaturated/α-hetero) is 1. The summed E-state index contributed by atoms with van der Waals surface area (Å²) in [4.78, 5) is 11.2. The second-order valence-corrected chi connectivity index (χ2v) is 6.42. The first-order valence-corrected chi connectivity index (χ1v) is 7.97. The lowest BCUT2D eigenvalue weighted by Gasteiger charge is -2.10. The fourth-order valence-corrected chi connectivity index (χ4v) is 3.10.